The smallest absolute Gasteiger partial charge is 0.224 e. The number of hydrogen-bond acceptors (Lipinski definition) is 3. The zero-order chi connectivity index (χ0) is 19.8. The van der Waals surface area contributed by atoms with E-state index in [0.29, 0.717) is 6.54 Å². The summed E-state index contributed by atoms with van der Waals surface area (Å²) in [5.74, 6) is -0.00946. The lowest BCUT2D eigenvalue weighted by atomic mass is 9.96. The van der Waals surface area contributed by atoms with Gasteiger partial charge in [-0.3, -0.25) is 9.69 Å². The molecule has 1 amide bonds. The number of nitrogens with one attached hydrogen (secondary N) is 1. The summed E-state index contributed by atoms with van der Waals surface area (Å²) in [6.45, 7) is 4.14. The molecule has 4 nitrogen and oxygen atoms in total. The Morgan fingerprint density at radius 1 is 1.18 bits per heavy atom. The summed E-state index contributed by atoms with van der Waals surface area (Å²) in [7, 11) is 2.08. The van der Waals surface area contributed by atoms with Crippen molar-refractivity contribution in [1.29, 1.82) is 0 Å². The molecule has 0 bridgehead atoms. The highest BCUT2D eigenvalue weighted by molar-refractivity contribution is 5.78. The molecule has 1 saturated heterocycles. The summed E-state index contributed by atoms with van der Waals surface area (Å²) in [6, 6.07) is 16.9. The van der Waals surface area contributed by atoms with Crippen molar-refractivity contribution in [3.8, 4) is 0 Å². The summed E-state index contributed by atoms with van der Waals surface area (Å²) >= 11 is 0. The van der Waals surface area contributed by atoms with Gasteiger partial charge in [0.25, 0.3) is 0 Å². The molecular formula is C23H30FN3O. The Balaban J connectivity index is 1.38. The van der Waals surface area contributed by atoms with Crippen LogP contribution < -0.4 is 10.2 Å². The second kappa shape index (κ2) is 10.2. The van der Waals surface area contributed by atoms with Crippen LogP contribution in [0.25, 0.3) is 0 Å². The van der Waals surface area contributed by atoms with Gasteiger partial charge in [-0.05, 0) is 55.6 Å². The Morgan fingerprint density at radius 2 is 1.93 bits per heavy atom. The number of likely N-dealkylation sites (tertiary alicyclic amines) is 1. The van der Waals surface area contributed by atoms with Crippen LogP contribution in [0.2, 0.25) is 0 Å². The summed E-state index contributed by atoms with van der Waals surface area (Å²) in [5, 5.41) is 3.11. The lowest BCUT2D eigenvalue weighted by molar-refractivity contribution is -0.126. The first-order chi connectivity index (χ1) is 13.6. The number of rotatable bonds is 8. The highest BCUT2D eigenvalue weighted by Crippen LogP contribution is 2.19. The average Bonchev–Trinajstić information content (AvgIpc) is 2.73. The number of nitrogens with zero attached hydrogens (tertiary/aromatic N) is 2. The molecule has 2 aromatic carbocycles. The monoisotopic (exact) mass is 383 g/mol. The van der Waals surface area contributed by atoms with E-state index in [1.165, 1.54) is 17.8 Å². The third-order valence-corrected chi connectivity index (χ3v) is 5.36. The van der Waals surface area contributed by atoms with Crippen LogP contribution in [0.4, 0.5) is 10.1 Å². The van der Waals surface area contributed by atoms with Gasteiger partial charge in [-0.2, -0.15) is 0 Å². The normalized spacial score (nSPS) is 17.3. The number of anilines is 1. The number of halogens is 1. The average molecular weight is 384 g/mol. The molecule has 0 radical (unpaired) electrons. The molecule has 1 aliphatic heterocycles. The fourth-order valence-corrected chi connectivity index (χ4v) is 3.74. The van der Waals surface area contributed by atoms with Gasteiger partial charge < -0.3 is 10.2 Å². The third-order valence-electron chi connectivity index (χ3n) is 5.36. The molecule has 0 aliphatic carbocycles. The first-order valence-electron chi connectivity index (χ1n) is 10.1. The predicted octanol–water partition coefficient (Wildman–Crippen LogP) is 3.68. The molecule has 1 heterocycles. The Bertz CT molecular complexity index is 735. The first kappa shape index (κ1) is 20.3. The SMILES string of the molecule is CN(CCCNC(=O)C1CCCN(Cc2ccc(F)cc2)C1)c1ccccc1. The highest BCUT2D eigenvalue weighted by Gasteiger charge is 2.25. The second-order valence-electron chi connectivity index (χ2n) is 7.60. The lowest BCUT2D eigenvalue weighted by Gasteiger charge is -2.32. The van der Waals surface area contributed by atoms with Gasteiger partial charge in [0.15, 0.2) is 0 Å². The maximum atomic E-state index is 13.1. The molecule has 1 atom stereocenters. The van der Waals surface area contributed by atoms with Crippen molar-refractivity contribution in [3.63, 3.8) is 0 Å². The number of carbonyl (C=O) groups excluding carboxylic acids is 1. The van der Waals surface area contributed by atoms with E-state index in [1.807, 2.05) is 30.3 Å². The molecule has 5 heteroatoms. The molecule has 1 unspecified atom stereocenters. The zero-order valence-corrected chi connectivity index (χ0v) is 16.6. The van der Waals surface area contributed by atoms with Gasteiger partial charge in [0.05, 0.1) is 5.92 Å². The van der Waals surface area contributed by atoms with Gasteiger partial charge in [0.2, 0.25) is 5.91 Å². The Labute approximate surface area is 167 Å². The second-order valence-corrected chi connectivity index (χ2v) is 7.60. The van der Waals surface area contributed by atoms with Gasteiger partial charge in [-0.15, -0.1) is 0 Å². The van der Waals surface area contributed by atoms with Crippen molar-refractivity contribution in [2.24, 2.45) is 5.92 Å². The van der Waals surface area contributed by atoms with Crippen LogP contribution in [-0.2, 0) is 11.3 Å². The zero-order valence-electron chi connectivity index (χ0n) is 16.6. The van der Waals surface area contributed by atoms with E-state index in [4.69, 9.17) is 0 Å². The summed E-state index contributed by atoms with van der Waals surface area (Å²) < 4.78 is 13.1. The number of piperidine rings is 1. The maximum absolute atomic E-state index is 13.1. The summed E-state index contributed by atoms with van der Waals surface area (Å²) in [6.07, 6.45) is 2.88. The van der Waals surface area contributed by atoms with E-state index in [1.54, 1.807) is 0 Å². The number of hydrogen-bond donors (Lipinski definition) is 1. The van der Waals surface area contributed by atoms with Crippen LogP contribution in [0.15, 0.2) is 54.6 Å². The molecule has 150 valence electrons. The molecule has 0 spiro atoms. The molecule has 1 N–H and O–H groups in total. The van der Waals surface area contributed by atoms with E-state index in [0.717, 1.165) is 51.0 Å². The van der Waals surface area contributed by atoms with E-state index < -0.39 is 0 Å². The summed E-state index contributed by atoms with van der Waals surface area (Å²) in [4.78, 5) is 17.1. The highest BCUT2D eigenvalue weighted by atomic mass is 19.1. The minimum Gasteiger partial charge on any atom is -0.375 e. The fourth-order valence-electron chi connectivity index (χ4n) is 3.74. The van der Waals surface area contributed by atoms with Crippen molar-refractivity contribution in [1.82, 2.24) is 10.2 Å². The molecule has 0 aromatic heterocycles. The topological polar surface area (TPSA) is 35.6 Å². The fraction of sp³-hybridized carbons (Fsp3) is 0.435. The van der Waals surface area contributed by atoms with Crippen LogP contribution in [0.1, 0.15) is 24.8 Å². The molecule has 1 fully saturated rings. The summed E-state index contributed by atoms with van der Waals surface area (Å²) in [5.41, 5.74) is 2.28. The van der Waals surface area contributed by atoms with Gasteiger partial charge in [-0.25, -0.2) is 4.39 Å². The van der Waals surface area contributed by atoms with Crippen molar-refractivity contribution >= 4 is 11.6 Å². The van der Waals surface area contributed by atoms with Gasteiger partial charge in [0, 0.05) is 38.9 Å². The molecular weight excluding hydrogens is 353 g/mol. The molecule has 28 heavy (non-hydrogen) atoms. The van der Waals surface area contributed by atoms with Crippen LogP contribution >= 0.6 is 0 Å². The number of amides is 1. The quantitative estimate of drug-likeness (QED) is 0.707. The lowest BCUT2D eigenvalue weighted by Crippen LogP contribution is -2.43. The number of para-hydroxylation sites is 1. The van der Waals surface area contributed by atoms with E-state index in [-0.39, 0.29) is 17.6 Å². The maximum Gasteiger partial charge on any atom is 0.224 e. The Hall–Kier alpha value is -2.40. The van der Waals surface area contributed by atoms with Gasteiger partial charge in [0.1, 0.15) is 5.82 Å². The molecule has 1 aliphatic rings. The van der Waals surface area contributed by atoms with Gasteiger partial charge >= 0.3 is 0 Å². The van der Waals surface area contributed by atoms with Crippen LogP contribution in [0.3, 0.4) is 0 Å². The largest absolute Gasteiger partial charge is 0.375 e. The predicted molar refractivity (Wildman–Crippen MR) is 112 cm³/mol. The van der Waals surface area contributed by atoms with Crippen molar-refractivity contribution < 1.29 is 9.18 Å². The molecule has 0 saturated carbocycles. The number of benzene rings is 2. The standard InChI is InChI=1S/C23H30FN3O/c1-26(22-8-3-2-4-9-22)15-6-14-25-23(28)20-7-5-16-27(18-20)17-19-10-12-21(24)13-11-19/h2-4,8-13,20H,5-7,14-18H2,1H3,(H,25,28). The van der Waals surface area contributed by atoms with Gasteiger partial charge in [-0.1, -0.05) is 30.3 Å². The van der Waals surface area contributed by atoms with E-state index in [9.17, 15) is 9.18 Å². The molecule has 3 rings (SSSR count). The van der Waals surface area contributed by atoms with Crippen molar-refractivity contribution in [2.45, 2.75) is 25.8 Å². The van der Waals surface area contributed by atoms with E-state index >= 15 is 0 Å². The van der Waals surface area contributed by atoms with E-state index in [2.05, 4.69) is 34.3 Å². The van der Waals surface area contributed by atoms with Crippen molar-refractivity contribution in [2.75, 3.05) is 38.1 Å². The van der Waals surface area contributed by atoms with Crippen molar-refractivity contribution in [3.05, 3.63) is 66.0 Å². The molecule has 2 aromatic rings. The minimum atomic E-state index is -0.211. The third kappa shape index (κ3) is 6.06. The van der Waals surface area contributed by atoms with Crippen LogP contribution in [0.5, 0.6) is 0 Å². The van der Waals surface area contributed by atoms with Crippen LogP contribution in [-0.4, -0.2) is 44.0 Å². The Kier molecular flexibility index (Phi) is 7.43. The minimum absolute atomic E-state index is 0.0426. The number of carbonyl (C=O) groups is 1. The Morgan fingerprint density at radius 3 is 2.68 bits per heavy atom. The first-order valence-corrected chi connectivity index (χ1v) is 10.1. The van der Waals surface area contributed by atoms with Crippen LogP contribution in [0, 0.1) is 11.7 Å².